The molecule has 0 fully saturated rings. The number of benzene rings is 1. The Morgan fingerprint density at radius 2 is 2.12 bits per heavy atom. The molecule has 96 valence electrons. The molecule has 1 N–H and O–H groups in total. The van der Waals surface area contributed by atoms with E-state index in [9.17, 15) is 4.39 Å². The molecule has 0 aliphatic heterocycles. The molecule has 0 saturated carbocycles. The van der Waals surface area contributed by atoms with E-state index in [1.54, 1.807) is 12.1 Å². The first-order chi connectivity index (χ1) is 8.13. The summed E-state index contributed by atoms with van der Waals surface area (Å²) in [5.74, 6) is -0.184. The van der Waals surface area contributed by atoms with Gasteiger partial charge in [0.05, 0.1) is 0 Å². The second kappa shape index (κ2) is 7.64. The Kier molecular flexibility index (Phi) is 6.48. The minimum absolute atomic E-state index is 0.184. The Balaban J connectivity index is 2.39. The highest BCUT2D eigenvalue weighted by Gasteiger charge is 2.06. The standard InChI is InChI=1S/C13H20ClFN2/c1-16-7-3-4-8-17(2)10-11-9-12(14)5-6-13(11)15/h5-6,9,16H,3-4,7-8,10H2,1-2H3. The molecular formula is C13H20ClFN2. The lowest BCUT2D eigenvalue weighted by Crippen LogP contribution is -2.21. The van der Waals surface area contributed by atoms with E-state index in [-0.39, 0.29) is 5.82 Å². The summed E-state index contributed by atoms with van der Waals surface area (Å²) >= 11 is 5.85. The van der Waals surface area contributed by atoms with E-state index in [1.807, 2.05) is 14.1 Å². The van der Waals surface area contributed by atoms with Crippen LogP contribution in [0.3, 0.4) is 0 Å². The Bertz CT molecular complexity index is 344. The molecule has 0 saturated heterocycles. The maximum absolute atomic E-state index is 13.5. The highest BCUT2D eigenvalue weighted by Crippen LogP contribution is 2.16. The molecule has 0 aliphatic carbocycles. The van der Waals surface area contributed by atoms with Gasteiger partial charge in [0.1, 0.15) is 5.82 Å². The number of hydrogen-bond acceptors (Lipinski definition) is 2. The third kappa shape index (κ3) is 5.48. The molecule has 0 aromatic heterocycles. The van der Waals surface area contributed by atoms with Crippen LogP contribution in [-0.4, -0.2) is 32.1 Å². The summed E-state index contributed by atoms with van der Waals surface area (Å²) in [6, 6.07) is 4.70. The SMILES string of the molecule is CNCCCCN(C)Cc1cc(Cl)ccc1F. The molecule has 1 aromatic rings. The Labute approximate surface area is 108 Å². The molecule has 0 bridgehead atoms. The molecule has 0 unspecified atom stereocenters. The van der Waals surface area contributed by atoms with Crippen LogP contribution in [0.4, 0.5) is 4.39 Å². The maximum atomic E-state index is 13.5. The zero-order valence-electron chi connectivity index (χ0n) is 10.5. The summed E-state index contributed by atoms with van der Waals surface area (Å²) in [7, 11) is 3.95. The summed E-state index contributed by atoms with van der Waals surface area (Å²) < 4.78 is 13.5. The van der Waals surface area contributed by atoms with Crippen molar-refractivity contribution >= 4 is 11.6 Å². The van der Waals surface area contributed by atoms with Crippen molar-refractivity contribution in [2.75, 3.05) is 27.2 Å². The third-order valence-corrected chi connectivity index (χ3v) is 2.90. The fourth-order valence-electron chi connectivity index (χ4n) is 1.72. The fraction of sp³-hybridized carbons (Fsp3) is 0.538. The molecule has 0 spiro atoms. The van der Waals surface area contributed by atoms with E-state index in [1.165, 1.54) is 6.07 Å². The predicted octanol–water partition coefficient (Wildman–Crippen LogP) is 2.91. The highest BCUT2D eigenvalue weighted by atomic mass is 35.5. The van der Waals surface area contributed by atoms with E-state index < -0.39 is 0 Å². The second-order valence-corrected chi connectivity index (χ2v) is 4.72. The topological polar surface area (TPSA) is 15.3 Å². The smallest absolute Gasteiger partial charge is 0.127 e. The number of rotatable bonds is 7. The average Bonchev–Trinajstić information content (AvgIpc) is 2.29. The van der Waals surface area contributed by atoms with Gasteiger partial charge in [0.15, 0.2) is 0 Å². The summed E-state index contributed by atoms with van der Waals surface area (Å²) in [4.78, 5) is 2.12. The van der Waals surface area contributed by atoms with Crippen LogP contribution < -0.4 is 5.32 Å². The lowest BCUT2D eigenvalue weighted by atomic mass is 10.2. The Morgan fingerprint density at radius 3 is 2.82 bits per heavy atom. The predicted molar refractivity (Wildman–Crippen MR) is 70.9 cm³/mol. The van der Waals surface area contributed by atoms with Gasteiger partial charge in [-0.2, -0.15) is 0 Å². The quantitative estimate of drug-likeness (QED) is 0.757. The van der Waals surface area contributed by atoms with Gasteiger partial charge >= 0.3 is 0 Å². The maximum Gasteiger partial charge on any atom is 0.127 e. The van der Waals surface area contributed by atoms with E-state index in [0.717, 1.165) is 25.9 Å². The van der Waals surface area contributed by atoms with Crippen molar-refractivity contribution in [1.29, 1.82) is 0 Å². The van der Waals surface area contributed by atoms with Gasteiger partial charge in [-0.25, -0.2) is 4.39 Å². The molecule has 2 nitrogen and oxygen atoms in total. The molecule has 4 heteroatoms. The van der Waals surface area contributed by atoms with Crippen molar-refractivity contribution in [3.05, 3.63) is 34.6 Å². The Morgan fingerprint density at radius 1 is 1.35 bits per heavy atom. The summed E-state index contributed by atoms with van der Waals surface area (Å²) in [6.45, 7) is 2.60. The molecular weight excluding hydrogens is 239 g/mol. The zero-order chi connectivity index (χ0) is 12.7. The van der Waals surface area contributed by atoms with Crippen LogP contribution in [0.15, 0.2) is 18.2 Å². The molecule has 1 aromatic carbocycles. The molecule has 17 heavy (non-hydrogen) atoms. The third-order valence-electron chi connectivity index (χ3n) is 2.66. The van der Waals surface area contributed by atoms with Crippen LogP contribution in [0, 0.1) is 5.82 Å². The first kappa shape index (κ1) is 14.4. The van der Waals surface area contributed by atoms with Crippen LogP contribution in [0.25, 0.3) is 0 Å². The lowest BCUT2D eigenvalue weighted by molar-refractivity contribution is 0.313. The zero-order valence-corrected chi connectivity index (χ0v) is 11.2. The van der Waals surface area contributed by atoms with Crippen LogP contribution in [-0.2, 0) is 6.54 Å². The van der Waals surface area contributed by atoms with Crippen LogP contribution >= 0.6 is 11.6 Å². The lowest BCUT2D eigenvalue weighted by Gasteiger charge is -2.17. The van der Waals surface area contributed by atoms with E-state index >= 15 is 0 Å². The van der Waals surface area contributed by atoms with Crippen molar-refractivity contribution in [3.63, 3.8) is 0 Å². The van der Waals surface area contributed by atoms with E-state index in [0.29, 0.717) is 17.1 Å². The number of nitrogens with zero attached hydrogens (tertiary/aromatic N) is 1. The minimum atomic E-state index is -0.184. The number of nitrogens with one attached hydrogen (secondary N) is 1. The number of unbranched alkanes of at least 4 members (excludes halogenated alkanes) is 1. The number of halogens is 2. The van der Waals surface area contributed by atoms with Gasteiger partial charge in [0, 0.05) is 17.1 Å². The van der Waals surface area contributed by atoms with Crippen molar-refractivity contribution in [2.45, 2.75) is 19.4 Å². The first-order valence-corrected chi connectivity index (χ1v) is 6.28. The van der Waals surface area contributed by atoms with Gasteiger partial charge in [-0.3, -0.25) is 0 Å². The highest BCUT2D eigenvalue weighted by molar-refractivity contribution is 6.30. The molecule has 0 heterocycles. The fourth-order valence-corrected chi connectivity index (χ4v) is 1.91. The normalized spacial score (nSPS) is 11.1. The van der Waals surface area contributed by atoms with E-state index in [4.69, 9.17) is 11.6 Å². The van der Waals surface area contributed by atoms with Gasteiger partial charge in [-0.05, 0) is 58.2 Å². The second-order valence-electron chi connectivity index (χ2n) is 4.28. The molecule has 0 atom stereocenters. The monoisotopic (exact) mass is 258 g/mol. The van der Waals surface area contributed by atoms with E-state index in [2.05, 4.69) is 10.2 Å². The minimum Gasteiger partial charge on any atom is -0.320 e. The summed E-state index contributed by atoms with van der Waals surface area (Å²) in [5.41, 5.74) is 0.661. The first-order valence-electron chi connectivity index (χ1n) is 5.90. The van der Waals surface area contributed by atoms with Crippen molar-refractivity contribution in [1.82, 2.24) is 10.2 Å². The van der Waals surface area contributed by atoms with Crippen molar-refractivity contribution in [3.8, 4) is 0 Å². The van der Waals surface area contributed by atoms with Gasteiger partial charge in [0.25, 0.3) is 0 Å². The van der Waals surface area contributed by atoms with Crippen LogP contribution in [0.5, 0.6) is 0 Å². The van der Waals surface area contributed by atoms with Gasteiger partial charge in [-0.1, -0.05) is 11.6 Å². The largest absolute Gasteiger partial charge is 0.320 e. The molecule has 0 amide bonds. The number of hydrogen-bond donors (Lipinski definition) is 1. The molecule has 0 radical (unpaired) electrons. The van der Waals surface area contributed by atoms with Gasteiger partial charge in [-0.15, -0.1) is 0 Å². The summed E-state index contributed by atoms with van der Waals surface area (Å²) in [5, 5.41) is 3.70. The molecule has 1 rings (SSSR count). The van der Waals surface area contributed by atoms with Crippen molar-refractivity contribution in [2.24, 2.45) is 0 Å². The van der Waals surface area contributed by atoms with Crippen molar-refractivity contribution < 1.29 is 4.39 Å². The van der Waals surface area contributed by atoms with Crippen LogP contribution in [0.1, 0.15) is 18.4 Å². The van der Waals surface area contributed by atoms with Gasteiger partial charge in [0.2, 0.25) is 0 Å². The van der Waals surface area contributed by atoms with Crippen LogP contribution in [0.2, 0.25) is 5.02 Å². The Hall–Kier alpha value is -0.640. The summed E-state index contributed by atoms with van der Waals surface area (Å²) in [6.07, 6.45) is 2.25. The average molecular weight is 259 g/mol. The van der Waals surface area contributed by atoms with Gasteiger partial charge < -0.3 is 10.2 Å². The molecule has 0 aliphatic rings.